The van der Waals surface area contributed by atoms with E-state index < -0.39 is 30.4 Å². The van der Waals surface area contributed by atoms with Gasteiger partial charge in [-0.05, 0) is 6.42 Å². The minimum absolute atomic E-state index is 0.304. The van der Waals surface area contributed by atoms with Crippen molar-refractivity contribution in [2.45, 2.75) is 38.7 Å². The van der Waals surface area contributed by atoms with E-state index in [-0.39, 0.29) is 0 Å². The first-order valence-corrected chi connectivity index (χ1v) is 5.85. The lowest BCUT2D eigenvalue weighted by atomic mass is 10.1. The number of carbonyl (C=O) groups is 1. The van der Waals surface area contributed by atoms with Gasteiger partial charge in [0.1, 0.15) is 0 Å². The van der Waals surface area contributed by atoms with Gasteiger partial charge in [-0.15, -0.1) is 0 Å². The quantitative estimate of drug-likeness (QED) is 0.297. The molecule has 0 aromatic rings. The molecule has 0 fully saturated rings. The van der Waals surface area contributed by atoms with Crippen molar-refractivity contribution in [1.82, 2.24) is 0 Å². The molecule has 0 rings (SSSR count). The van der Waals surface area contributed by atoms with Crippen LogP contribution in [0, 0.1) is 0 Å². The van der Waals surface area contributed by atoms with E-state index in [0.717, 1.165) is 20.0 Å². The summed E-state index contributed by atoms with van der Waals surface area (Å²) in [4.78, 5) is 10.9. The lowest BCUT2D eigenvalue weighted by Crippen LogP contribution is -2.23. The van der Waals surface area contributed by atoms with Crippen LogP contribution in [-0.2, 0) is 19.0 Å². The molecule has 19 heavy (non-hydrogen) atoms. The lowest BCUT2D eigenvalue weighted by Gasteiger charge is -2.19. The van der Waals surface area contributed by atoms with E-state index in [4.69, 9.17) is 9.47 Å². The predicted octanol–water partition coefficient (Wildman–Crippen LogP) is 2.83. The second kappa shape index (κ2) is 8.92. The van der Waals surface area contributed by atoms with Gasteiger partial charge < -0.3 is 14.2 Å². The molecule has 0 aliphatic rings. The zero-order chi connectivity index (χ0) is 14.9. The first-order valence-electron chi connectivity index (χ1n) is 5.85. The topological polar surface area (TPSA) is 44.8 Å². The summed E-state index contributed by atoms with van der Waals surface area (Å²) < 4.78 is 52.3. The number of carbonyl (C=O) groups excluding carboxylic acids is 1. The van der Waals surface area contributed by atoms with Crippen LogP contribution in [-0.4, -0.2) is 39.3 Å². The Morgan fingerprint density at radius 1 is 1.32 bits per heavy atom. The molecule has 0 spiro atoms. The summed E-state index contributed by atoms with van der Waals surface area (Å²) in [5.41, 5.74) is -1.04. The first-order chi connectivity index (χ1) is 8.85. The number of alkyl halides is 3. The fraction of sp³-hybridized carbons (Fsp3) is 0.750. The first kappa shape index (κ1) is 17.9. The standard InChI is InChI=1S/C12H19F3O4/c1-4-5-6-19-11(18-3)8-9(12(13,14)15)7-10(16)17-2/h7,11H,4-6,8H2,1-3H3. The molecular weight excluding hydrogens is 265 g/mol. The molecule has 0 amide bonds. The minimum Gasteiger partial charge on any atom is -0.466 e. The Morgan fingerprint density at radius 3 is 2.37 bits per heavy atom. The van der Waals surface area contributed by atoms with Crippen molar-refractivity contribution >= 4 is 5.97 Å². The number of halogens is 3. The molecular formula is C12H19F3O4. The number of methoxy groups -OCH3 is 2. The van der Waals surface area contributed by atoms with Crippen LogP contribution < -0.4 is 0 Å². The van der Waals surface area contributed by atoms with Crippen LogP contribution in [0.5, 0.6) is 0 Å². The maximum Gasteiger partial charge on any atom is 0.413 e. The molecule has 0 heterocycles. The van der Waals surface area contributed by atoms with Crippen molar-refractivity contribution in [2.75, 3.05) is 20.8 Å². The van der Waals surface area contributed by atoms with Gasteiger partial charge >= 0.3 is 12.1 Å². The number of esters is 1. The van der Waals surface area contributed by atoms with Gasteiger partial charge in [0.15, 0.2) is 6.29 Å². The summed E-state index contributed by atoms with van der Waals surface area (Å²) in [6.45, 7) is 2.24. The van der Waals surface area contributed by atoms with Crippen LogP contribution in [0.2, 0.25) is 0 Å². The van der Waals surface area contributed by atoms with E-state index in [9.17, 15) is 18.0 Å². The van der Waals surface area contributed by atoms with Crippen molar-refractivity contribution in [3.05, 3.63) is 11.6 Å². The van der Waals surface area contributed by atoms with E-state index in [1.807, 2.05) is 6.92 Å². The molecule has 1 unspecified atom stereocenters. The highest BCUT2D eigenvalue weighted by atomic mass is 19.4. The van der Waals surface area contributed by atoms with Crippen LogP contribution >= 0.6 is 0 Å². The molecule has 4 nitrogen and oxygen atoms in total. The Bertz CT molecular complexity index is 300. The summed E-state index contributed by atoms with van der Waals surface area (Å²) in [6.07, 6.45) is -4.22. The molecule has 0 bridgehead atoms. The zero-order valence-corrected chi connectivity index (χ0v) is 11.3. The maximum absolute atomic E-state index is 12.7. The van der Waals surface area contributed by atoms with Crippen LogP contribution in [0.4, 0.5) is 13.2 Å². The van der Waals surface area contributed by atoms with Gasteiger partial charge in [0.05, 0.1) is 7.11 Å². The third-order valence-corrected chi connectivity index (χ3v) is 2.31. The third-order valence-electron chi connectivity index (χ3n) is 2.31. The Balaban J connectivity index is 4.70. The van der Waals surface area contributed by atoms with E-state index in [1.54, 1.807) is 0 Å². The lowest BCUT2D eigenvalue weighted by molar-refractivity contribution is -0.144. The molecule has 0 aromatic carbocycles. The Morgan fingerprint density at radius 2 is 1.95 bits per heavy atom. The molecule has 7 heteroatoms. The summed E-state index contributed by atoms with van der Waals surface area (Å²) in [7, 11) is 2.27. The van der Waals surface area contributed by atoms with Crippen molar-refractivity contribution in [2.24, 2.45) is 0 Å². The van der Waals surface area contributed by atoms with Gasteiger partial charge in [-0.3, -0.25) is 0 Å². The molecule has 0 saturated heterocycles. The monoisotopic (exact) mass is 284 g/mol. The molecule has 1 atom stereocenters. The third kappa shape index (κ3) is 7.84. The largest absolute Gasteiger partial charge is 0.466 e. The fourth-order valence-corrected chi connectivity index (χ4v) is 1.21. The van der Waals surface area contributed by atoms with Gasteiger partial charge in [0.25, 0.3) is 0 Å². The fourth-order valence-electron chi connectivity index (χ4n) is 1.21. The Kier molecular flexibility index (Phi) is 8.42. The number of rotatable bonds is 8. The highest BCUT2D eigenvalue weighted by molar-refractivity contribution is 5.82. The SMILES string of the molecule is CCCCOC(CC(=CC(=O)OC)C(F)(F)F)OC. The molecule has 0 N–H and O–H groups in total. The summed E-state index contributed by atoms with van der Waals surface area (Å²) in [6, 6.07) is 0. The van der Waals surface area contributed by atoms with Crippen molar-refractivity contribution < 1.29 is 32.2 Å². The van der Waals surface area contributed by atoms with Crippen LogP contribution in [0.1, 0.15) is 26.2 Å². The van der Waals surface area contributed by atoms with E-state index in [2.05, 4.69) is 4.74 Å². The number of hydrogen-bond donors (Lipinski definition) is 0. The highest BCUT2D eigenvalue weighted by Gasteiger charge is 2.36. The normalized spacial score (nSPS) is 14.3. The number of hydrogen-bond acceptors (Lipinski definition) is 4. The molecule has 0 saturated carbocycles. The average molecular weight is 284 g/mol. The molecule has 112 valence electrons. The maximum atomic E-state index is 12.7. The zero-order valence-electron chi connectivity index (χ0n) is 11.3. The van der Waals surface area contributed by atoms with Gasteiger partial charge in [0.2, 0.25) is 0 Å². The summed E-state index contributed by atoms with van der Waals surface area (Å²) >= 11 is 0. The summed E-state index contributed by atoms with van der Waals surface area (Å²) in [5, 5.41) is 0. The van der Waals surface area contributed by atoms with Crippen LogP contribution in [0.15, 0.2) is 11.6 Å². The number of ether oxygens (including phenoxy) is 3. The van der Waals surface area contributed by atoms with Crippen molar-refractivity contribution in [1.29, 1.82) is 0 Å². The average Bonchev–Trinajstić information content (AvgIpc) is 2.35. The second-order valence-corrected chi connectivity index (χ2v) is 3.78. The molecule has 0 aliphatic carbocycles. The van der Waals surface area contributed by atoms with Crippen molar-refractivity contribution in [3.63, 3.8) is 0 Å². The van der Waals surface area contributed by atoms with Gasteiger partial charge in [-0.25, -0.2) is 4.79 Å². The molecule has 0 aromatic heterocycles. The Hall–Kier alpha value is -1.08. The highest BCUT2D eigenvalue weighted by Crippen LogP contribution is 2.30. The molecule has 0 aliphatic heterocycles. The van der Waals surface area contributed by atoms with E-state index >= 15 is 0 Å². The minimum atomic E-state index is -4.63. The van der Waals surface area contributed by atoms with E-state index in [0.29, 0.717) is 12.7 Å². The van der Waals surface area contributed by atoms with Gasteiger partial charge in [0, 0.05) is 31.8 Å². The van der Waals surface area contributed by atoms with Gasteiger partial charge in [-0.1, -0.05) is 13.3 Å². The molecule has 0 radical (unpaired) electrons. The van der Waals surface area contributed by atoms with Gasteiger partial charge in [-0.2, -0.15) is 13.2 Å². The Labute approximate surface area is 110 Å². The summed E-state index contributed by atoms with van der Waals surface area (Å²) in [5.74, 6) is -1.06. The van der Waals surface area contributed by atoms with Crippen LogP contribution in [0.25, 0.3) is 0 Å². The van der Waals surface area contributed by atoms with E-state index in [1.165, 1.54) is 7.11 Å². The second-order valence-electron chi connectivity index (χ2n) is 3.78. The van der Waals surface area contributed by atoms with Crippen molar-refractivity contribution in [3.8, 4) is 0 Å². The smallest absolute Gasteiger partial charge is 0.413 e. The number of unbranched alkanes of at least 4 members (excludes halogenated alkanes) is 1. The van der Waals surface area contributed by atoms with Crippen LogP contribution in [0.3, 0.4) is 0 Å². The predicted molar refractivity (Wildman–Crippen MR) is 62.4 cm³/mol.